The van der Waals surface area contributed by atoms with Crippen molar-refractivity contribution in [2.75, 3.05) is 7.05 Å². The highest BCUT2D eigenvalue weighted by Gasteiger charge is 2.22. The maximum absolute atomic E-state index is 3.48. The van der Waals surface area contributed by atoms with Crippen LogP contribution in [0.1, 0.15) is 56.0 Å². The number of nitrogens with one attached hydrogen (secondary N) is 1. The summed E-state index contributed by atoms with van der Waals surface area (Å²) in [5, 5.41) is 3.48. The Morgan fingerprint density at radius 1 is 0.952 bits per heavy atom. The summed E-state index contributed by atoms with van der Waals surface area (Å²) in [4.78, 5) is 0. The molecule has 21 heavy (non-hydrogen) atoms. The molecule has 0 fully saturated rings. The van der Waals surface area contributed by atoms with Gasteiger partial charge >= 0.3 is 0 Å². The molecule has 0 heterocycles. The maximum atomic E-state index is 3.48. The van der Waals surface area contributed by atoms with Crippen molar-refractivity contribution >= 4 is 0 Å². The van der Waals surface area contributed by atoms with Crippen LogP contribution in [0.4, 0.5) is 0 Å². The largest absolute Gasteiger partial charge is 0.309 e. The third-order valence-electron chi connectivity index (χ3n) is 4.09. The molecule has 0 amide bonds. The monoisotopic (exact) mass is 281 g/mol. The SMILES string of the molecule is CCc1ccc(C(NC)c2ccccc2C(C)(C)C)cc1. The third-order valence-corrected chi connectivity index (χ3v) is 4.09. The highest BCUT2D eigenvalue weighted by atomic mass is 14.9. The lowest BCUT2D eigenvalue weighted by atomic mass is 9.80. The highest BCUT2D eigenvalue weighted by Crippen LogP contribution is 2.32. The first-order valence-corrected chi connectivity index (χ1v) is 7.83. The molecule has 2 aromatic carbocycles. The van der Waals surface area contributed by atoms with Gasteiger partial charge in [0.1, 0.15) is 0 Å². The third kappa shape index (κ3) is 3.54. The molecule has 2 rings (SSSR count). The molecule has 0 saturated carbocycles. The molecular weight excluding hydrogens is 254 g/mol. The van der Waals surface area contributed by atoms with Gasteiger partial charge in [0.25, 0.3) is 0 Å². The minimum absolute atomic E-state index is 0.148. The van der Waals surface area contributed by atoms with Crippen molar-refractivity contribution in [3.8, 4) is 0 Å². The van der Waals surface area contributed by atoms with E-state index in [0.29, 0.717) is 0 Å². The van der Waals surface area contributed by atoms with Gasteiger partial charge in [-0.05, 0) is 41.1 Å². The van der Waals surface area contributed by atoms with E-state index in [4.69, 9.17) is 0 Å². The predicted octanol–water partition coefficient (Wildman–Crippen LogP) is 4.86. The summed E-state index contributed by atoms with van der Waals surface area (Å²) in [6, 6.07) is 18.0. The Bertz CT molecular complexity index is 576. The Balaban J connectivity index is 2.46. The molecule has 0 bridgehead atoms. The predicted molar refractivity (Wildman–Crippen MR) is 91.9 cm³/mol. The average Bonchev–Trinajstić information content (AvgIpc) is 2.48. The lowest BCUT2D eigenvalue weighted by molar-refractivity contribution is 0.567. The first-order valence-electron chi connectivity index (χ1n) is 7.83. The zero-order valence-corrected chi connectivity index (χ0v) is 13.9. The van der Waals surface area contributed by atoms with Crippen molar-refractivity contribution in [2.45, 2.75) is 45.6 Å². The minimum atomic E-state index is 0.148. The molecule has 0 aliphatic carbocycles. The zero-order chi connectivity index (χ0) is 15.5. The van der Waals surface area contributed by atoms with Crippen LogP contribution in [0.25, 0.3) is 0 Å². The van der Waals surface area contributed by atoms with E-state index in [1.807, 2.05) is 7.05 Å². The summed E-state index contributed by atoms with van der Waals surface area (Å²) in [5.74, 6) is 0. The van der Waals surface area contributed by atoms with Crippen molar-refractivity contribution < 1.29 is 0 Å². The van der Waals surface area contributed by atoms with Gasteiger partial charge in [-0.1, -0.05) is 76.2 Å². The van der Waals surface area contributed by atoms with Crippen molar-refractivity contribution in [1.29, 1.82) is 0 Å². The minimum Gasteiger partial charge on any atom is -0.309 e. The fourth-order valence-corrected chi connectivity index (χ4v) is 2.88. The van der Waals surface area contributed by atoms with E-state index in [2.05, 4.69) is 81.5 Å². The first kappa shape index (κ1) is 15.8. The van der Waals surface area contributed by atoms with Crippen LogP contribution in [0.2, 0.25) is 0 Å². The molecular formula is C20H27N. The smallest absolute Gasteiger partial charge is 0.0577 e. The summed E-state index contributed by atoms with van der Waals surface area (Å²) >= 11 is 0. The van der Waals surface area contributed by atoms with Gasteiger partial charge in [-0.2, -0.15) is 0 Å². The molecule has 1 nitrogen and oxygen atoms in total. The maximum Gasteiger partial charge on any atom is 0.0577 e. The van der Waals surface area contributed by atoms with Gasteiger partial charge < -0.3 is 5.32 Å². The normalized spacial score (nSPS) is 13.2. The van der Waals surface area contributed by atoms with Crippen LogP contribution in [0.5, 0.6) is 0 Å². The first-order chi connectivity index (χ1) is 9.97. The van der Waals surface area contributed by atoms with Crippen molar-refractivity contribution in [1.82, 2.24) is 5.32 Å². The molecule has 1 N–H and O–H groups in total. The van der Waals surface area contributed by atoms with E-state index in [-0.39, 0.29) is 11.5 Å². The van der Waals surface area contributed by atoms with E-state index in [1.54, 1.807) is 0 Å². The molecule has 0 aromatic heterocycles. The Morgan fingerprint density at radius 2 is 1.57 bits per heavy atom. The van der Waals surface area contributed by atoms with E-state index < -0.39 is 0 Å². The molecule has 1 unspecified atom stereocenters. The summed E-state index contributed by atoms with van der Waals surface area (Å²) in [5.41, 5.74) is 5.64. The van der Waals surface area contributed by atoms with E-state index in [9.17, 15) is 0 Å². The molecule has 1 heteroatoms. The van der Waals surface area contributed by atoms with Crippen LogP contribution in [0.3, 0.4) is 0 Å². The van der Waals surface area contributed by atoms with Gasteiger partial charge in [0.2, 0.25) is 0 Å². The van der Waals surface area contributed by atoms with E-state index >= 15 is 0 Å². The Labute approximate surface area is 129 Å². The van der Waals surface area contributed by atoms with Crippen LogP contribution in [0.15, 0.2) is 48.5 Å². The summed E-state index contributed by atoms with van der Waals surface area (Å²) < 4.78 is 0. The average molecular weight is 281 g/mol. The summed E-state index contributed by atoms with van der Waals surface area (Å²) in [6.07, 6.45) is 1.09. The van der Waals surface area contributed by atoms with Crippen molar-refractivity contribution in [3.05, 3.63) is 70.8 Å². The molecule has 0 spiro atoms. The fraction of sp³-hybridized carbons (Fsp3) is 0.400. The number of hydrogen-bond acceptors (Lipinski definition) is 1. The molecule has 1 atom stereocenters. The Kier molecular flexibility index (Phi) is 4.84. The van der Waals surface area contributed by atoms with Gasteiger partial charge in [-0.25, -0.2) is 0 Å². The number of aryl methyl sites for hydroxylation is 1. The molecule has 2 aromatic rings. The topological polar surface area (TPSA) is 12.0 Å². The second-order valence-corrected chi connectivity index (χ2v) is 6.65. The number of hydrogen-bond donors (Lipinski definition) is 1. The van der Waals surface area contributed by atoms with Gasteiger partial charge in [0, 0.05) is 0 Å². The highest BCUT2D eigenvalue weighted by molar-refractivity contribution is 5.41. The van der Waals surface area contributed by atoms with Crippen LogP contribution >= 0.6 is 0 Å². The van der Waals surface area contributed by atoms with Crippen molar-refractivity contribution in [2.24, 2.45) is 0 Å². The Hall–Kier alpha value is -1.60. The van der Waals surface area contributed by atoms with Crippen LogP contribution in [-0.2, 0) is 11.8 Å². The lowest BCUT2D eigenvalue weighted by Gasteiger charge is -2.27. The van der Waals surface area contributed by atoms with E-state index in [1.165, 1.54) is 22.3 Å². The standard InChI is InChI=1S/C20H27N/c1-6-15-11-13-16(14-12-15)19(21-5)17-9-7-8-10-18(17)20(2,3)4/h7-14,19,21H,6H2,1-5H3. The second-order valence-electron chi connectivity index (χ2n) is 6.65. The van der Waals surface area contributed by atoms with Crippen LogP contribution < -0.4 is 5.32 Å². The molecule has 0 aliphatic rings. The second kappa shape index (κ2) is 6.44. The molecule has 112 valence electrons. The van der Waals surface area contributed by atoms with Gasteiger partial charge in [-0.3, -0.25) is 0 Å². The molecule has 0 saturated heterocycles. The summed E-state index contributed by atoms with van der Waals surface area (Å²) in [7, 11) is 2.04. The number of benzene rings is 2. The lowest BCUT2D eigenvalue weighted by Crippen LogP contribution is -2.23. The molecule has 0 radical (unpaired) electrons. The fourth-order valence-electron chi connectivity index (χ4n) is 2.88. The Morgan fingerprint density at radius 3 is 2.10 bits per heavy atom. The molecule has 0 aliphatic heterocycles. The number of rotatable bonds is 4. The van der Waals surface area contributed by atoms with Crippen molar-refractivity contribution in [3.63, 3.8) is 0 Å². The van der Waals surface area contributed by atoms with Crippen LogP contribution in [-0.4, -0.2) is 7.05 Å². The van der Waals surface area contributed by atoms with Gasteiger partial charge in [0.05, 0.1) is 6.04 Å². The van der Waals surface area contributed by atoms with Gasteiger partial charge in [0.15, 0.2) is 0 Å². The quantitative estimate of drug-likeness (QED) is 0.844. The zero-order valence-electron chi connectivity index (χ0n) is 13.9. The van der Waals surface area contributed by atoms with Gasteiger partial charge in [-0.15, -0.1) is 0 Å². The van der Waals surface area contributed by atoms with Crippen LogP contribution in [0, 0.1) is 0 Å². The summed E-state index contributed by atoms with van der Waals surface area (Å²) in [6.45, 7) is 9.02. The van der Waals surface area contributed by atoms with E-state index in [0.717, 1.165) is 6.42 Å².